The minimum Gasteiger partial charge on any atom is -0.355 e. The van der Waals surface area contributed by atoms with Crippen LogP contribution >= 0.6 is 11.6 Å². The summed E-state index contributed by atoms with van der Waals surface area (Å²) < 4.78 is 0. The normalized spacial score (nSPS) is 8.75. The molecular formula is C6H11ClN4O. The zero-order chi connectivity index (χ0) is 9.23. The van der Waals surface area contributed by atoms with Gasteiger partial charge in [-0.1, -0.05) is 5.11 Å². The standard InChI is InChI=1S/C6H11ClN4O/c7-3-5-9-6(12)2-1-4-10-11-8/h1-5H2,(H,9,12). The van der Waals surface area contributed by atoms with E-state index in [1.165, 1.54) is 0 Å². The van der Waals surface area contributed by atoms with Gasteiger partial charge in [-0.05, 0) is 12.0 Å². The molecule has 0 aromatic heterocycles. The first kappa shape index (κ1) is 11.1. The van der Waals surface area contributed by atoms with Gasteiger partial charge in [0.05, 0.1) is 0 Å². The van der Waals surface area contributed by atoms with Crippen molar-refractivity contribution in [2.24, 2.45) is 5.11 Å². The lowest BCUT2D eigenvalue weighted by Gasteiger charge is -1.99. The van der Waals surface area contributed by atoms with Crippen LogP contribution in [0.1, 0.15) is 12.8 Å². The summed E-state index contributed by atoms with van der Waals surface area (Å²) in [6.45, 7) is 0.854. The SMILES string of the molecule is [N-]=[N+]=NCCCC(=O)NCCCl. The third-order valence-corrected chi connectivity index (χ3v) is 1.33. The highest BCUT2D eigenvalue weighted by molar-refractivity contribution is 6.18. The fourth-order valence-corrected chi connectivity index (χ4v) is 0.725. The minimum atomic E-state index is -0.0520. The molecule has 0 rings (SSSR count). The maximum atomic E-state index is 10.9. The van der Waals surface area contributed by atoms with Gasteiger partial charge in [0.1, 0.15) is 0 Å². The first-order valence-electron chi connectivity index (χ1n) is 3.64. The Labute approximate surface area is 75.7 Å². The summed E-state index contributed by atoms with van der Waals surface area (Å²) in [6, 6.07) is 0. The number of rotatable bonds is 6. The lowest BCUT2D eigenvalue weighted by molar-refractivity contribution is -0.121. The lowest BCUT2D eigenvalue weighted by Crippen LogP contribution is -2.24. The smallest absolute Gasteiger partial charge is 0.220 e. The average molecular weight is 191 g/mol. The summed E-state index contributed by atoms with van der Waals surface area (Å²) in [7, 11) is 0. The summed E-state index contributed by atoms with van der Waals surface area (Å²) in [5.74, 6) is 0.367. The summed E-state index contributed by atoms with van der Waals surface area (Å²) in [5.41, 5.74) is 7.91. The van der Waals surface area contributed by atoms with Crippen LogP contribution in [0.25, 0.3) is 10.4 Å². The Morgan fingerprint density at radius 1 is 1.67 bits per heavy atom. The molecule has 0 atom stereocenters. The van der Waals surface area contributed by atoms with Crippen molar-refractivity contribution in [3.63, 3.8) is 0 Å². The van der Waals surface area contributed by atoms with Crippen molar-refractivity contribution in [1.82, 2.24) is 5.32 Å². The molecule has 68 valence electrons. The molecule has 0 unspecified atom stereocenters. The van der Waals surface area contributed by atoms with E-state index in [0.29, 0.717) is 31.8 Å². The third-order valence-electron chi connectivity index (χ3n) is 1.14. The van der Waals surface area contributed by atoms with Crippen LogP contribution in [-0.2, 0) is 4.79 Å². The summed E-state index contributed by atoms with van der Waals surface area (Å²) in [5, 5.41) is 5.90. The Hall–Kier alpha value is -0.930. The second-order valence-electron chi connectivity index (χ2n) is 2.10. The van der Waals surface area contributed by atoms with Crippen LogP contribution in [0.3, 0.4) is 0 Å². The molecule has 0 aliphatic rings. The van der Waals surface area contributed by atoms with Crippen LogP contribution in [0, 0.1) is 0 Å². The number of nitrogens with zero attached hydrogens (tertiary/aromatic N) is 3. The van der Waals surface area contributed by atoms with E-state index in [1.807, 2.05) is 0 Å². The Morgan fingerprint density at radius 2 is 2.42 bits per heavy atom. The van der Waals surface area contributed by atoms with Gasteiger partial charge in [0.25, 0.3) is 0 Å². The number of hydrogen-bond acceptors (Lipinski definition) is 2. The Morgan fingerprint density at radius 3 is 3.00 bits per heavy atom. The molecule has 12 heavy (non-hydrogen) atoms. The number of amides is 1. The highest BCUT2D eigenvalue weighted by Crippen LogP contribution is 1.89. The monoisotopic (exact) mass is 190 g/mol. The highest BCUT2D eigenvalue weighted by atomic mass is 35.5. The van der Waals surface area contributed by atoms with E-state index in [0.717, 1.165) is 0 Å². The van der Waals surface area contributed by atoms with Crippen molar-refractivity contribution in [2.75, 3.05) is 19.0 Å². The Kier molecular flexibility index (Phi) is 7.54. The Balaban J connectivity index is 3.25. The van der Waals surface area contributed by atoms with E-state index < -0.39 is 0 Å². The first-order valence-corrected chi connectivity index (χ1v) is 4.18. The summed E-state index contributed by atoms with van der Waals surface area (Å²) in [4.78, 5) is 13.4. The zero-order valence-electron chi connectivity index (χ0n) is 6.66. The molecule has 0 aliphatic carbocycles. The molecule has 0 saturated carbocycles. The van der Waals surface area contributed by atoms with Crippen molar-refractivity contribution in [3.8, 4) is 0 Å². The summed E-state index contributed by atoms with van der Waals surface area (Å²) >= 11 is 5.35. The predicted octanol–water partition coefficient (Wildman–Crippen LogP) is 1.43. The van der Waals surface area contributed by atoms with Gasteiger partial charge in [-0.3, -0.25) is 4.79 Å². The van der Waals surface area contributed by atoms with Crippen molar-refractivity contribution in [3.05, 3.63) is 10.4 Å². The van der Waals surface area contributed by atoms with Gasteiger partial charge >= 0.3 is 0 Å². The van der Waals surface area contributed by atoms with Crippen molar-refractivity contribution < 1.29 is 4.79 Å². The van der Waals surface area contributed by atoms with E-state index in [1.54, 1.807) is 0 Å². The molecule has 1 amide bonds. The van der Waals surface area contributed by atoms with Crippen molar-refractivity contribution in [2.45, 2.75) is 12.8 Å². The number of azide groups is 1. The fraction of sp³-hybridized carbons (Fsp3) is 0.833. The number of carbonyl (C=O) groups is 1. The molecule has 0 heterocycles. The molecule has 0 radical (unpaired) electrons. The Bertz CT molecular complexity index is 178. The summed E-state index contributed by atoms with van der Waals surface area (Å²) in [6.07, 6.45) is 0.966. The van der Waals surface area contributed by atoms with E-state index in [9.17, 15) is 4.79 Å². The second kappa shape index (κ2) is 8.17. The van der Waals surface area contributed by atoms with Gasteiger partial charge in [-0.2, -0.15) is 0 Å². The number of alkyl halides is 1. The van der Waals surface area contributed by atoms with Crippen LogP contribution in [-0.4, -0.2) is 24.9 Å². The van der Waals surface area contributed by atoms with Crippen molar-refractivity contribution >= 4 is 17.5 Å². The highest BCUT2D eigenvalue weighted by Gasteiger charge is 1.97. The molecule has 0 aliphatic heterocycles. The molecule has 6 heteroatoms. The minimum absolute atomic E-state index is 0.0520. The second-order valence-corrected chi connectivity index (χ2v) is 2.47. The lowest BCUT2D eigenvalue weighted by atomic mass is 10.3. The molecule has 1 N–H and O–H groups in total. The van der Waals surface area contributed by atoms with Gasteiger partial charge in [-0.15, -0.1) is 11.6 Å². The van der Waals surface area contributed by atoms with Gasteiger partial charge in [0.2, 0.25) is 5.91 Å². The molecule has 0 aromatic carbocycles. The molecule has 5 nitrogen and oxygen atoms in total. The van der Waals surface area contributed by atoms with E-state index >= 15 is 0 Å². The topological polar surface area (TPSA) is 77.9 Å². The van der Waals surface area contributed by atoms with E-state index in [-0.39, 0.29) is 5.91 Å². The zero-order valence-corrected chi connectivity index (χ0v) is 7.42. The molecule has 0 saturated heterocycles. The maximum Gasteiger partial charge on any atom is 0.220 e. The molecular weight excluding hydrogens is 180 g/mol. The van der Waals surface area contributed by atoms with Crippen molar-refractivity contribution in [1.29, 1.82) is 0 Å². The number of nitrogens with one attached hydrogen (secondary N) is 1. The van der Waals surface area contributed by atoms with Gasteiger partial charge in [0.15, 0.2) is 0 Å². The number of carbonyl (C=O) groups excluding carboxylic acids is 1. The van der Waals surface area contributed by atoms with E-state index in [2.05, 4.69) is 15.3 Å². The number of hydrogen-bond donors (Lipinski definition) is 1. The van der Waals surface area contributed by atoms with Crippen LogP contribution < -0.4 is 5.32 Å². The maximum absolute atomic E-state index is 10.9. The van der Waals surface area contributed by atoms with Crippen LogP contribution in [0.15, 0.2) is 5.11 Å². The molecule has 0 fully saturated rings. The van der Waals surface area contributed by atoms with Crippen LogP contribution in [0.4, 0.5) is 0 Å². The average Bonchev–Trinajstić information content (AvgIpc) is 2.09. The predicted molar refractivity (Wildman–Crippen MR) is 47.0 cm³/mol. The first-order chi connectivity index (χ1) is 5.81. The van der Waals surface area contributed by atoms with Gasteiger partial charge in [0, 0.05) is 30.3 Å². The van der Waals surface area contributed by atoms with Crippen LogP contribution in [0.5, 0.6) is 0 Å². The molecule has 0 bridgehead atoms. The van der Waals surface area contributed by atoms with Crippen LogP contribution in [0.2, 0.25) is 0 Å². The quantitative estimate of drug-likeness (QED) is 0.222. The van der Waals surface area contributed by atoms with Gasteiger partial charge < -0.3 is 5.32 Å². The number of halogens is 1. The molecule has 0 spiro atoms. The van der Waals surface area contributed by atoms with Gasteiger partial charge in [-0.25, -0.2) is 0 Å². The fourth-order valence-electron chi connectivity index (χ4n) is 0.630. The third kappa shape index (κ3) is 7.18. The molecule has 0 aromatic rings. The van der Waals surface area contributed by atoms with E-state index in [4.69, 9.17) is 17.1 Å². The largest absolute Gasteiger partial charge is 0.355 e.